The van der Waals surface area contributed by atoms with E-state index in [-0.39, 0.29) is 0 Å². The second-order valence-corrected chi connectivity index (χ2v) is 3.20. The van der Waals surface area contributed by atoms with Crippen LogP contribution in [0.5, 0.6) is 0 Å². The van der Waals surface area contributed by atoms with E-state index in [4.69, 9.17) is 11.6 Å². The molecule has 0 saturated carbocycles. The topological polar surface area (TPSA) is 30.7 Å². The number of hydrogen-bond donors (Lipinski definition) is 0. The van der Waals surface area contributed by atoms with Gasteiger partial charge in [0.25, 0.3) is 0 Å². The highest BCUT2D eigenvalue weighted by Crippen LogP contribution is 2.13. The fourth-order valence-corrected chi connectivity index (χ4v) is 1.26. The van der Waals surface area contributed by atoms with Crippen LogP contribution < -0.4 is 0 Å². The molecule has 0 radical (unpaired) electrons. The van der Waals surface area contributed by atoms with Crippen molar-refractivity contribution in [3.8, 4) is 5.69 Å². The quantitative estimate of drug-likeness (QED) is 0.696. The molecule has 4 heteroatoms. The Morgan fingerprint density at radius 2 is 2.23 bits per heavy atom. The molecule has 0 saturated heterocycles. The van der Waals surface area contributed by atoms with Crippen LogP contribution in [0.15, 0.2) is 30.9 Å². The van der Waals surface area contributed by atoms with Gasteiger partial charge in [-0.3, -0.25) is 4.98 Å². The van der Waals surface area contributed by atoms with Crippen LogP contribution in [-0.2, 0) is 0 Å². The fraction of sp³-hybridized carbons (Fsp3) is 0.111. The van der Waals surface area contributed by atoms with E-state index in [0.717, 1.165) is 11.3 Å². The van der Waals surface area contributed by atoms with Gasteiger partial charge in [-0.25, -0.2) is 4.68 Å². The standard InChI is InChI=1S/C9H8ClN3/c1-7-2-3-11-5-9(7)13-6-8(10)4-12-13/h2-6H,1H3. The third-order valence-electron chi connectivity index (χ3n) is 1.81. The summed E-state index contributed by atoms with van der Waals surface area (Å²) in [7, 11) is 0. The minimum Gasteiger partial charge on any atom is -0.262 e. The first kappa shape index (κ1) is 8.26. The molecule has 2 heterocycles. The normalized spacial score (nSPS) is 10.3. The van der Waals surface area contributed by atoms with Gasteiger partial charge in [-0.2, -0.15) is 5.10 Å². The van der Waals surface area contributed by atoms with E-state index in [0.29, 0.717) is 5.02 Å². The van der Waals surface area contributed by atoms with Crippen molar-refractivity contribution in [1.29, 1.82) is 0 Å². The molecule has 2 aromatic rings. The zero-order valence-corrected chi connectivity index (χ0v) is 7.86. The van der Waals surface area contributed by atoms with E-state index in [1.54, 1.807) is 29.5 Å². The highest BCUT2D eigenvalue weighted by molar-refractivity contribution is 6.30. The highest BCUT2D eigenvalue weighted by Gasteiger charge is 2.01. The molecule has 0 fully saturated rings. The second kappa shape index (κ2) is 3.18. The van der Waals surface area contributed by atoms with Gasteiger partial charge in [0.1, 0.15) is 0 Å². The summed E-state index contributed by atoms with van der Waals surface area (Å²) in [6.07, 6.45) is 6.88. The summed E-state index contributed by atoms with van der Waals surface area (Å²) in [6.45, 7) is 2.01. The first-order valence-corrected chi connectivity index (χ1v) is 4.26. The lowest BCUT2D eigenvalue weighted by molar-refractivity contribution is 0.865. The Bertz CT molecular complexity index is 422. The Balaban J connectivity index is 2.52. The van der Waals surface area contributed by atoms with Crippen LogP contribution >= 0.6 is 11.6 Å². The SMILES string of the molecule is Cc1ccncc1-n1cc(Cl)cn1. The molecule has 0 bridgehead atoms. The van der Waals surface area contributed by atoms with Crippen LogP contribution in [0.4, 0.5) is 0 Å². The van der Waals surface area contributed by atoms with Crippen molar-refractivity contribution >= 4 is 11.6 Å². The lowest BCUT2D eigenvalue weighted by Crippen LogP contribution is -1.97. The number of pyridine rings is 1. The summed E-state index contributed by atoms with van der Waals surface area (Å²) < 4.78 is 1.71. The van der Waals surface area contributed by atoms with Gasteiger partial charge in [0.15, 0.2) is 0 Å². The second-order valence-electron chi connectivity index (χ2n) is 2.77. The molecule has 0 aliphatic heterocycles. The van der Waals surface area contributed by atoms with Gasteiger partial charge < -0.3 is 0 Å². The molecule has 0 unspecified atom stereocenters. The van der Waals surface area contributed by atoms with E-state index >= 15 is 0 Å². The number of aromatic nitrogens is 3. The number of rotatable bonds is 1. The zero-order chi connectivity index (χ0) is 9.26. The lowest BCUT2D eigenvalue weighted by atomic mass is 10.2. The number of aryl methyl sites for hydroxylation is 1. The average molecular weight is 194 g/mol. The van der Waals surface area contributed by atoms with E-state index in [1.807, 2.05) is 13.0 Å². The molecule has 2 aromatic heterocycles. The maximum atomic E-state index is 5.76. The largest absolute Gasteiger partial charge is 0.262 e. The maximum Gasteiger partial charge on any atom is 0.0858 e. The van der Waals surface area contributed by atoms with Gasteiger partial charge in [-0.15, -0.1) is 0 Å². The summed E-state index contributed by atoms with van der Waals surface area (Å²) in [5, 5.41) is 4.72. The molecule has 0 aromatic carbocycles. The Hall–Kier alpha value is -1.35. The van der Waals surface area contributed by atoms with Crippen molar-refractivity contribution in [3.05, 3.63) is 41.4 Å². The molecule has 2 rings (SSSR count). The van der Waals surface area contributed by atoms with Gasteiger partial charge in [-0.1, -0.05) is 11.6 Å². The smallest absolute Gasteiger partial charge is 0.0858 e. The summed E-state index contributed by atoms with van der Waals surface area (Å²) in [6, 6.07) is 1.94. The maximum absolute atomic E-state index is 5.76. The van der Waals surface area contributed by atoms with Crippen LogP contribution in [-0.4, -0.2) is 14.8 Å². The number of hydrogen-bond acceptors (Lipinski definition) is 2. The minimum atomic E-state index is 0.628. The van der Waals surface area contributed by atoms with Crippen LogP contribution in [0, 0.1) is 6.92 Å². The van der Waals surface area contributed by atoms with Crippen LogP contribution in [0.25, 0.3) is 5.69 Å². The lowest BCUT2D eigenvalue weighted by Gasteiger charge is -2.02. The Morgan fingerprint density at radius 3 is 2.85 bits per heavy atom. The Kier molecular flexibility index (Phi) is 2.02. The van der Waals surface area contributed by atoms with E-state index < -0.39 is 0 Å². The molecule has 3 nitrogen and oxygen atoms in total. The molecule has 0 N–H and O–H groups in total. The van der Waals surface area contributed by atoms with Crippen molar-refractivity contribution in [2.45, 2.75) is 6.92 Å². The molecule has 0 aliphatic carbocycles. The van der Waals surface area contributed by atoms with Gasteiger partial charge in [0.05, 0.1) is 23.1 Å². The summed E-state index contributed by atoms with van der Waals surface area (Å²) >= 11 is 5.76. The van der Waals surface area contributed by atoms with Crippen LogP contribution in [0.1, 0.15) is 5.56 Å². The molecular formula is C9H8ClN3. The first-order valence-electron chi connectivity index (χ1n) is 3.88. The van der Waals surface area contributed by atoms with Crippen molar-refractivity contribution in [2.24, 2.45) is 0 Å². The fourth-order valence-electron chi connectivity index (χ4n) is 1.13. The number of nitrogens with zero attached hydrogens (tertiary/aromatic N) is 3. The number of halogens is 1. The molecular weight excluding hydrogens is 186 g/mol. The first-order chi connectivity index (χ1) is 6.27. The van der Waals surface area contributed by atoms with Crippen molar-refractivity contribution in [2.75, 3.05) is 0 Å². The highest BCUT2D eigenvalue weighted by atomic mass is 35.5. The van der Waals surface area contributed by atoms with E-state index in [2.05, 4.69) is 10.1 Å². The van der Waals surface area contributed by atoms with E-state index in [9.17, 15) is 0 Å². The van der Waals surface area contributed by atoms with Gasteiger partial charge in [0, 0.05) is 12.4 Å². The minimum absolute atomic E-state index is 0.628. The molecule has 0 atom stereocenters. The average Bonchev–Trinajstić information content (AvgIpc) is 2.53. The summed E-state index contributed by atoms with van der Waals surface area (Å²) in [5.74, 6) is 0. The molecule has 0 aliphatic rings. The van der Waals surface area contributed by atoms with Gasteiger partial charge >= 0.3 is 0 Å². The Labute approximate surface area is 81.0 Å². The molecule has 66 valence electrons. The van der Waals surface area contributed by atoms with Crippen molar-refractivity contribution < 1.29 is 0 Å². The Morgan fingerprint density at radius 1 is 1.38 bits per heavy atom. The molecule has 13 heavy (non-hydrogen) atoms. The molecule has 0 amide bonds. The van der Waals surface area contributed by atoms with Crippen molar-refractivity contribution in [1.82, 2.24) is 14.8 Å². The van der Waals surface area contributed by atoms with Gasteiger partial charge in [-0.05, 0) is 18.6 Å². The van der Waals surface area contributed by atoms with Crippen molar-refractivity contribution in [3.63, 3.8) is 0 Å². The molecule has 0 spiro atoms. The van der Waals surface area contributed by atoms with Gasteiger partial charge in [0.2, 0.25) is 0 Å². The summed E-state index contributed by atoms with van der Waals surface area (Å²) in [5.41, 5.74) is 2.07. The predicted octanol–water partition coefficient (Wildman–Crippen LogP) is 2.23. The third kappa shape index (κ3) is 1.55. The van der Waals surface area contributed by atoms with Crippen LogP contribution in [0.3, 0.4) is 0 Å². The zero-order valence-electron chi connectivity index (χ0n) is 7.11. The van der Waals surface area contributed by atoms with Crippen LogP contribution in [0.2, 0.25) is 5.02 Å². The van der Waals surface area contributed by atoms with E-state index in [1.165, 1.54) is 0 Å². The monoisotopic (exact) mass is 193 g/mol. The third-order valence-corrected chi connectivity index (χ3v) is 2.00. The predicted molar refractivity (Wildman–Crippen MR) is 51.1 cm³/mol. The summed E-state index contributed by atoms with van der Waals surface area (Å²) in [4.78, 5) is 4.03.